The number of amides is 2. The predicted octanol–water partition coefficient (Wildman–Crippen LogP) is 4.79. The number of aromatic nitrogens is 3. The van der Waals surface area contributed by atoms with Gasteiger partial charge in [-0.1, -0.05) is 11.6 Å². The van der Waals surface area contributed by atoms with Gasteiger partial charge in [-0.3, -0.25) is 4.79 Å². The Balaban J connectivity index is 1.33. The van der Waals surface area contributed by atoms with Crippen LogP contribution in [0.1, 0.15) is 25.0 Å². The molecule has 0 spiro atoms. The molecule has 1 saturated heterocycles. The first kappa shape index (κ1) is 27.2. The summed E-state index contributed by atoms with van der Waals surface area (Å²) in [6.07, 6.45) is 2.44. The number of pyridine rings is 1. The van der Waals surface area contributed by atoms with Crippen molar-refractivity contribution in [2.24, 2.45) is 0 Å². The van der Waals surface area contributed by atoms with Crippen molar-refractivity contribution in [3.63, 3.8) is 0 Å². The summed E-state index contributed by atoms with van der Waals surface area (Å²) in [5.74, 6) is -0.213. The van der Waals surface area contributed by atoms with Crippen molar-refractivity contribution in [2.75, 3.05) is 43.4 Å². The van der Waals surface area contributed by atoms with Crippen LogP contribution in [0.3, 0.4) is 0 Å². The van der Waals surface area contributed by atoms with Crippen molar-refractivity contribution in [3.05, 3.63) is 59.1 Å². The molecule has 10 nitrogen and oxygen atoms in total. The van der Waals surface area contributed by atoms with Crippen LogP contribution in [0.15, 0.2) is 42.6 Å². The van der Waals surface area contributed by atoms with Crippen molar-refractivity contribution >= 4 is 40.8 Å². The zero-order chi connectivity index (χ0) is 27.1. The van der Waals surface area contributed by atoms with Gasteiger partial charge in [0.05, 0.1) is 17.1 Å². The van der Waals surface area contributed by atoms with Gasteiger partial charge in [-0.15, -0.1) is 0 Å². The van der Waals surface area contributed by atoms with Gasteiger partial charge in [0.1, 0.15) is 11.6 Å². The molecule has 0 aliphatic carbocycles. The van der Waals surface area contributed by atoms with Crippen LogP contribution >= 0.6 is 11.6 Å². The number of carbonyl (C=O) groups is 2. The Bertz CT molecular complexity index is 1310. The van der Waals surface area contributed by atoms with Crippen molar-refractivity contribution in [3.8, 4) is 11.3 Å². The summed E-state index contributed by atoms with van der Waals surface area (Å²) in [5, 5.41) is 23.8. The van der Waals surface area contributed by atoms with Crippen LogP contribution in [0.2, 0.25) is 5.02 Å². The molecule has 0 saturated carbocycles. The molecule has 3 N–H and O–H groups in total. The number of hydrogen-bond donors (Lipinski definition) is 3. The van der Waals surface area contributed by atoms with Gasteiger partial charge in [0.15, 0.2) is 0 Å². The number of nitrogens with one attached hydrogen (secondary N) is 2. The highest BCUT2D eigenvalue weighted by molar-refractivity contribution is 6.30. The molecule has 0 radical (unpaired) electrons. The third-order valence-corrected chi connectivity index (χ3v) is 6.46. The largest absolute Gasteiger partial charge is 0.465 e. The van der Waals surface area contributed by atoms with Crippen LogP contribution in [0.4, 0.5) is 26.4 Å². The minimum atomic E-state index is -0.888. The molecule has 3 heterocycles. The van der Waals surface area contributed by atoms with E-state index in [9.17, 15) is 14.0 Å². The number of hydrogen-bond acceptors (Lipinski definition) is 7. The summed E-state index contributed by atoms with van der Waals surface area (Å²) >= 11 is 6.02. The lowest BCUT2D eigenvalue weighted by atomic mass is 10.1. The molecule has 38 heavy (non-hydrogen) atoms. The Hall–Kier alpha value is -3.83. The molecule has 0 bridgehead atoms. The molecular formula is C26H29ClFN7O3. The molecule has 200 valence electrons. The number of rotatable bonds is 8. The highest BCUT2D eigenvalue weighted by atomic mass is 35.5. The third kappa shape index (κ3) is 7.36. The second-order valence-electron chi connectivity index (χ2n) is 9.02. The lowest BCUT2D eigenvalue weighted by Crippen LogP contribution is -2.34. The van der Waals surface area contributed by atoms with E-state index in [1.165, 1.54) is 23.1 Å². The monoisotopic (exact) mass is 541 g/mol. The lowest BCUT2D eigenvalue weighted by molar-refractivity contribution is -0.116. The van der Waals surface area contributed by atoms with Gasteiger partial charge < -0.3 is 25.5 Å². The average molecular weight is 542 g/mol. The first-order valence-corrected chi connectivity index (χ1v) is 12.7. The average Bonchev–Trinajstić information content (AvgIpc) is 3.13. The SMILES string of the molecule is Cc1nnc(-c2cc(Cl)ccc2F)cc1Nc1ccnc(NC(=O)CCCN2CCCN(C(=O)O)CC2)c1. The number of aryl methyl sites for hydroxylation is 1. The van der Waals surface area contributed by atoms with Crippen LogP contribution in [0.25, 0.3) is 11.3 Å². The summed E-state index contributed by atoms with van der Waals surface area (Å²) in [6, 6.07) is 9.39. The Morgan fingerprint density at radius 3 is 2.76 bits per heavy atom. The van der Waals surface area contributed by atoms with Crippen LogP contribution in [0, 0.1) is 12.7 Å². The van der Waals surface area contributed by atoms with E-state index in [0.717, 1.165) is 19.5 Å². The summed E-state index contributed by atoms with van der Waals surface area (Å²) < 4.78 is 14.3. The second-order valence-corrected chi connectivity index (χ2v) is 9.46. The van der Waals surface area contributed by atoms with Crippen molar-refractivity contribution < 1.29 is 19.1 Å². The number of anilines is 3. The molecule has 1 fully saturated rings. The second kappa shape index (κ2) is 12.6. The van der Waals surface area contributed by atoms with Crippen LogP contribution in [-0.2, 0) is 4.79 Å². The van der Waals surface area contributed by atoms with Crippen LogP contribution in [0.5, 0.6) is 0 Å². The van der Waals surface area contributed by atoms with E-state index in [2.05, 4.69) is 30.7 Å². The minimum Gasteiger partial charge on any atom is -0.465 e. The molecule has 1 aliphatic heterocycles. The molecule has 2 amide bonds. The van der Waals surface area contributed by atoms with Crippen molar-refractivity contribution in [1.82, 2.24) is 25.0 Å². The lowest BCUT2D eigenvalue weighted by Gasteiger charge is -2.20. The summed E-state index contributed by atoms with van der Waals surface area (Å²) in [4.78, 5) is 31.5. The standard InChI is InChI=1S/C26H29ClFN7O3/c1-17-22(16-23(33-32-17)20-14-18(27)5-6-21(20)28)30-19-7-8-29-24(15-19)31-25(36)4-2-9-34-10-3-11-35(13-12-34)26(37)38/h5-8,14-16H,2-4,9-13H2,1H3,(H,37,38)(H2,29,30,31,33,36). The molecule has 3 aromatic rings. The number of carbonyl (C=O) groups excluding carboxylic acids is 1. The fraction of sp³-hybridized carbons (Fsp3) is 0.346. The number of carboxylic acid groups (broad SMARTS) is 1. The van der Waals surface area contributed by atoms with E-state index in [1.54, 1.807) is 31.3 Å². The van der Waals surface area contributed by atoms with E-state index in [0.29, 0.717) is 66.1 Å². The topological polar surface area (TPSA) is 124 Å². The van der Waals surface area contributed by atoms with Crippen molar-refractivity contribution in [2.45, 2.75) is 26.2 Å². The Morgan fingerprint density at radius 1 is 1.11 bits per heavy atom. The van der Waals surface area contributed by atoms with Gasteiger partial charge in [0, 0.05) is 54.6 Å². The minimum absolute atomic E-state index is 0.155. The van der Waals surface area contributed by atoms with E-state index in [4.69, 9.17) is 16.7 Å². The summed E-state index contributed by atoms with van der Waals surface area (Å²) in [7, 11) is 0. The molecular weight excluding hydrogens is 513 g/mol. The molecule has 12 heteroatoms. The molecule has 2 aromatic heterocycles. The van der Waals surface area contributed by atoms with E-state index in [1.807, 2.05) is 0 Å². The molecule has 0 unspecified atom stereocenters. The van der Waals surface area contributed by atoms with E-state index in [-0.39, 0.29) is 11.5 Å². The first-order valence-electron chi connectivity index (χ1n) is 12.3. The quantitative estimate of drug-likeness (QED) is 0.372. The maximum atomic E-state index is 14.3. The molecule has 0 atom stereocenters. The number of halogens is 2. The number of nitrogens with zero attached hydrogens (tertiary/aromatic N) is 5. The Kier molecular flexibility index (Phi) is 9.03. The van der Waals surface area contributed by atoms with Gasteiger partial charge in [0.25, 0.3) is 0 Å². The van der Waals surface area contributed by atoms with Gasteiger partial charge in [0.2, 0.25) is 5.91 Å². The first-order chi connectivity index (χ1) is 18.3. The zero-order valence-corrected chi connectivity index (χ0v) is 21.7. The molecule has 1 aliphatic rings. The summed E-state index contributed by atoms with van der Waals surface area (Å²) in [5.41, 5.74) is 2.47. The maximum absolute atomic E-state index is 14.3. The summed E-state index contributed by atoms with van der Waals surface area (Å²) in [6.45, 7) is 5.00. The zero-order valence-electron chi connectivity index (χ0n) is 21.0. The van der Waals surface area contributed by atoms with Gasteiger partial charge >= 0.3 is 6.09 Å². The molecule has 1 aromatic carbocycles. The van der Waals surface area contributed by atoms with E-state index >= 15 is 0 Å². The molecule has 4 rings (SSSR count). The van der Waals surface area contributed by atoms with Crippen molar-refractivity contribution in [1.29, 1.82) is 0 Å². The fourth-order valence-corrected chi connectivity index (χ4v) is 4.36. The van der Waals surface area contributed by atoms with Crippen LogP contribution in [-0.4, -0.2) is 74.8 Å². The van der Waals surface area contributed by atoms with E-state index < -0.39 is 11.9 Å². The normalized spacial score (nSPS) is 14.1. The predicted molar refractivity (Wildman–Crippen MR) is 143 cm³/mol. The highest BCUT2D eigenvalue weighted by Crippen LogP contribution is 2.28. The van der Waals surface area contributed by atoms with Crippen LogP contribution < -0.4 is 10.6 Å². The van der Waals surface area contributed by atoms with Gasteiger partial charge in [-0.05, 0) is 63.2 Å². The highest BCUT2D eigenvalue weighted by Gasteiger charge is 2.18. The fourth-order valence-electron chi connectivity index (χ4n) is 4.19. The van der Waals surface area contributed by atoms with Gasteiger partial charge in [-0.2, -0.15) is 10.2 Å². The Morgan fingerprint density at radius 2 is 1.95 bits per heavy atom. The maximum Gasteiger partial charge on any atom is 0.407 e. The number of benzene rings is 1. The third-order valence-electron chi connectivity index (χ3n) is 6.23. The smallest absolute Gasteiger partial charge is 0.407 e. The Labute approximate surface area is 224 Å². The van der Waals surface area contributed by atoms with Gasteiger partial charge in [-0.25, -0.2) is 14.2 Å².